The van der Waals surface area contributed by atoms with Crippen molar-refractivity contribution in [2.45, 2.75) is 49.7 Å². The molecule has 0 radical (unpaired) electrons. The van der Waals surface area contributed by atoms with E-state index in [1.807, 2.05) is 7.05 Å². The highest BCUT2D eigenvalue weighted by Crippen LogP contribution is 2.41. The maximum atomic E-state index is 11.6. The highest BCUT2D eigenvalue weighted by atomic mass is 16.3. The molecule has 26 heavy (non-hydrogen) atoms. The van der Waals surface area contributed by atoms with Crippen molar-refractivity contribution in [2.75, 3.05) is 20.1 Å². The van der Waals surface area contributed by atoms with Gasteiger partial charge in [-0.05, 0) is 48.5 Å². The van der Waals surface area contributed by atoms with Crippen molar-refractivity contribution in [3.8, 4) is 0 Å². The minimum Gasteiger partial charge on any atom is -0.389 e. The van der Waals surface area contributed by atoms with Crippen LogP contribution in [0.5, 0.6) is 0 Å². The van der Waals surface area contributed by atoms with Crippen molar-refractivity contribution >= 4 is 10.8 Å². The van der Waals surface area contributed by atoms with E-state index in [-0.39, 0.29) is 5.92 Å². The molecule has 3 heteroatoms. The fourth-order valence-electron chi connectivity index (χ4n) is 4.68. The van der Waals surface area contributed by atoms with Crippen molar-refractivity contribution in [2.24, 2.45) is 0 Å². The van der Waals surface area contributed by atoms with E-state index >= 15 is 0 Å². The van der Waals surface area contributed by atoms with E-state index in [0.29, 0.717) is 6.04 Å². The molecule has 4 rings (SSSR count). The summed E-state index contributed by atoms with van der Waals surface area (Å²) in [6.45, 7) is 1.86. The summed E-state index contributed by atoms with van der Waals surface area (Å²) in [5, 5.41) is 17.4. The van der Waals surface area contributed by atoms with E-state index in [1.54, 1.807) is 0 Å². The molecule has 1 saturated carbocycles. The average Bonchev–Trinajstić information content (AvgIpc) is 3.14. The van der Waals surface area contributed by atoms with Gasteiger partial charge in [0, 0.05) is 25.0 Å². The van der Waals surface area contributed by atoms with E-state index in [4.69, 9.17) is 0 Å². The normalized spacial score (nSPS) is 23.5. The molecule has 2 aromatic carbocycles. The van der Waals surface area contributed by atoms with Gasteiger partial charge in [0.05, 0.1) is 5.60 Å². The maximum Gasteiger partial charge on any atom is 0.0733 e. The highest BCUT2D eigenvalue weighted by Gasteiger charge is 2.39. The lowest BCUT2D eigenvalue weighted by atomic mass is 9.72. The van der Waals surface area contributed by atoms with Gasteiger partial charge in [-0.2, -0.15) is 0 Å². The zero-order valence-electron chi connectivity index (χ0n) is 15.7. The number of aliphatic hydroxyl groups is 1. The van der Waals surface area contributed by atoms with Crippen LogP contribution in [0.3, 0.4) is 0 Å². The monoisotopic (exact) mass is 350 g/mol. The van der Waals surface area contributed by atoms with Gasteiger partial charge in [-0.1, -0.05) is 61.7 Å². The van der Waals surface area contributed by atoms with Gasteiger partial charge in [0.15, 0.2) is 0 Å². The number of fused-ring (bicyclic) bond motifs is 1. The Morgan fingerprint density at radius 3 is 2.62 bits per heavy atom. The average molecular weight is 351 g/mol. The number of likely N-dealkylation sites (N-methyl/N-ethyl adjacent to an activating group) is 1. The van der Waals surface area contributed by atoms with Gasteiger partial charge in [-0.15, -0.1) is 0 Å². The van der Waals surface area contributed by atoms with Crippen LogP contribution in [0.2, 0.25) is 0 Å². The van der Waals surface area contributed by atoms with Crippen molar-refractivity contribution < 1.29 is 5.11 Å². The summed E-state index contributed by atoms with van der Waals surface area (Å²) in [6.07, 6.45) is 9.77. The third-order valence-corrected chi connectivity index (χ3v) is 6.29. The van der Waals surface area contributed by atoms with Crippen LogP contribution in [0, 0.1) is 0 Å². The molecule has 2 atom stereocenters. The van der Waals surface area contributed by atoms with Gasteiger partial charge in [0.25, 0.3) is 0 Å². The first-order valence-electron chi connectivity index (χ1n) is 9.99. The van der Waals surface area contributed by atoms with Gasteiger partial charge >= 0.3 is 0 Å². The Balaban J connectivity index is 1.66. The summed E-state index contributed by atoms with van der Waals surface area (Å²) in [7, 11) is 2.01. The molecule has 0 saturated heterocycles. The molecule has 1 aliphatic carbocycles. The lowest BCUT2D eigenvalue weighted by Crippen LogP contribution is -2.44. The number of hydrogen-bond acceptors (Lipinski definition) is 3. The second kappa shape index (κ2) is 7.42. The van der Waals surface area contributed by atoms with Gasteiger partial charge in [0.1, 0.15) is 0 Å². The molecule has 1 aliphatic heterocycles. The zero-order valence-corrected chi connectivity index (χ0v) is 15.7. The number of hydrogen-bond donors (Lipinski definition) is 2. The molecule has 2 aliphatic rings. The van der Waals surface area contributed by atoms with Gasteiger partial charge < -0.3 is 15.3 Å². The SMILES string of the molecule is CN[C@H]1C=CN(CC(c2ccc3ccccc3c2)C2(O)CCCCC2)C1. The predicted octanol–water partition coefficient (Wildman–Crippen LogP) is 4.04. The fraction of sp³-hybridized carbons (Fsp3) is 0.478. The molecule has 2 aromatic rings. The summed E-state index contributed by atoms with van der Waals surface area (Å²) < 4.78 is 0. The van der Waals surface area contributed by atoms with Crippen LogP contribution < -0.4 is 5.32 Å². The van der Waals surface area contributed by atoms with E-state index in [2.05, 4.69) is 65.0 Å². The van der Waals surface area contributed by atoms with E-state index in [0.717, 1.165) is 38.8 Å². The van der Waals surface area contributed by atoms with Crippen molar-refractivity contribution in [3.63, 3.8) is 0 Å². The largest absolute Gasteiger partial charge is 0.389 e. The van der Waals surface area contributed by atoms with Crippen LogP contribution in [0.15, 0.2) is 54.7 Å². The second-order valence-corrected chi connectivity index (χ2v) is 8.01. The molecular weight excluding hydrogens is 320 g/mol. The number of benzene rings is 2. The van der Waals surface area contributed by atoms with E-state index < -0.39 is 5.60 Å². The van der Waals surface area contributed by atoms with Gasteiger partial charge in [0.2, 0.25) is 0 Å². The quantitative estimate of drug-likeness (QED) is 0.854. The standard InChI is InChI=1S/C23H30N2O/c1-24-21-11-14-25(16-21)17-22(23(26)12-5-2-6-13-23)20-10-9-18-7-3-4-8-19(18)15-20/h3-4,7-11,14-15,21-22,24,26H,2,5-6,12-13,16-17H2,1H3/t21-,22?/m0/s1. The van der Waals surface area contributed by atoms with Crippen LogP contribution in [-0.4, -0.2) is 41.8 Å². The second-order valence-electron chi connectivity index (χ2n) is 8.01. The van der Waals surface area contributed by atoms with Crippen LogP contribution in [0.4, 0.5) is 0 Å². The number of nitrogens with one attached hydrogen (secondary N) is 1. The van der Waals surface area contributed by atoms with E-state index in [1.165, 1.54) is 22.8 Å². The molecule has 2 N–H and O–H groups in total. The lowest BCUT2D eigenvalue weighted by Gasteiger charge is -2.41. The van der Waals surface area contributed by atoms with Crippen LogP contribution >= 0.6 is 0 Å². The van der Waals surface area contributed by atoms with Gasteiger partial charge in [-0.3, -0.25) is 0 Å². The summed E-state index contributed by atoms with van der Waals surface area (Å²) in [4.78, 5) is 2.37. The van der Waals surface area contributed by atoms with Crippen molar-refractivity contribution in [1.82, 2.24) is 10.2 Å². The first-order chi connectivity index (χ1) is 12.7. The van der Waals surface area contributed by atoms with Crippen LogP contribution in [-0.2, 0) is 0 Å². The molecule has 0 aromatic heterocycles. The third-order valence-electron chi connectivity index (χ3n) is 6.29. The molecule has 1 fully saturated rings. The first-order valence-corrected chi connectivity index (χ1v) is 9.99. The zero-order chi connectivity index (χ0) is 18.0. The molecule has 0 bridgehead atoms. The molecular formula is C23H30N2O. The number of rotatable bonds is 5. The third kappa shape index (κ3) is 3.51. The fourth-order valence-corrected chi connectivity index (χ4v) is 4.68. The smallest absolute Gasteiger partial charge is 0.0733 e. The summed E-state index contributed by atoms with van der Waals surface area (Å²) >= 11 is 0. The summed E-state index contributed by atoms with van der Waals surface area (Å²) in [6, 6.07) is 15.7. The highest BCUT2D eigenvalue weighted by molar-refractivity contribution is 5.83. The lowest BCUT2D eigenvalue weighted by molar-refractivity contribution is -0.0275. The molecule has 3 nitrogen and oxygen atoms in total. The van der Waals surface area contributed by atoms with Crippen molar-refractivity contribution in [3.05, 3.63) is 60.3 Å². The molecule has 1 unspecified atom stereocenters. The Kier molecular flexibility index (Phi) is 5.01. The molecule has 0 amide bonds. The number of nitrogens with zero attached hydrogens (tertiary/aromatic N) is 1. The van der Waals surface area contributed by atoms with Gasteiger partial charge in [-0.25, -0.2) is 0 Å². The molecule has 1 heterocycles. The predicted molar refractivity (Wildman–Crippen MR) is 108 cm³/mol. The Morgan fingerprint density at radius 2 is 1.88 bits per heavy atom. The van der Waals surface area contributed by atoms with Crippen molar-refractivity contribution in [1.29, 1.82) is 0 Å². The van der Waals surface area contributed by atoms with E-state index in [9.17, 15) is 5.11 Å². The molecule has 0 spiro atoms. The topological polar surface area (TPSA) is 35.5 Å². The Bertz CT molecular complexity index is 779. The van der Waals surface area contributed by atoms with Crippen LogP contribution in [0.25, 0.3) is 10.8 Å². The first kappa shape index (κ1) is 17.6. The van der Waals surface area contributed by atoms with Crippen LogP contribution in [0.1, 0.15) is 43.6 Å². The maximum absolute atomic E-state index is 11.6. The minimum absolute atomic E-state index is 0.146. The Hall–Kier alpha value is -1.84. The summed E-state index contributed by atoms with van der Waals surface area (Å²) in [5.41, 5.74) is 0.682. The minimum atomic E-state index is -0.591. The molecule has 138 valence electrons. The summed E-state index contributed by atoms with van der Waals surface area (Å²) in [5.74, 6) is 0.146. The Labute approximate surface area is 156 Å². The Morgan fingerprint density at radius 1 is 1.12 bits per heavy atom.